The maximum Gasteiger partial charge on any atom is 0.408 e. The lowest BCUT2D eigenvalue weighted by Gasteiger charge is -2.31. The number of hydrogen-bond donors (Lipinski definition) is 2. The quantitative estimate of drug-likeness (QED) is 0.183. The number of alkyl carbamates (subject to hydrolysis) is 1. The fraction of sp³-hybridized carbons (Fsp3) is 0.700. The molecular formula is C30H47BrN2O7. The lowest BCUT2D eigenvalue weighted by Crippen LogP contribution is -2.47. The van der Waals surface area contributed by atoms with Crippen molar-refractivity contribution in [1.82, 2.24) is 5.32 Å². The number of carbonyl (C=O) groups excluding carboxylic acids is 3. The Bertz CT molecular complexity index is 993. The summed E-state index contributed by atoms with van der Waals surface area (Å²) >= 11 is 3.47. The van der Waals surface area contributed by atoms with Gasteiger partial charge in [0.15, 0.2) is 0 Å². The number of ether oxygens (including phenoxy) is 4. The molecule has 1 aliphatic heterocycles. The van der Waals surface area contributed by atoms with Gasteiger partial charge in [0, 0.05) is 31.0 Å². The highest BCUT2D eigenvalue weighted by atomic mass is 79.9. The van der Waals surface area contributed by atoms with Crippen LogP contribution in [0.1, 0.15) is 74.1 Å². The number of benzene rings is 1. The molecule has 1 fully saturated rings. The standard InChI is InChI=1S/C30H47BrN2O7/c1-18(2)20(15-27(34)32-24-16-21(31)10-11-25(24)38-13-9-12-37-8)14-23(33-29(36)40-30(5,6)7)26-17-22(19(3)4)28(35)39-26/h10-11,16,18-20,22-23,26H,9,12-15,17H2,1-8H3,(H,32,34)(H,33,36)/t20-,22+,23+,26+/m1/s1. The summed E-state index contributed by atoms with van der Waals surface area (Å²) < 4.78 is 23.0. The maximum absolute atomic E-state index is 13.3. The van der Waals surface area contributed by atoms with E-state index in [1.54, 1.807) is 27.9 Å². The Morgan fingerprint density at radius 3 is 2.42 bits per heavy atom. The summed E-state index contributed by atoms with van der Waals surface area (Å²) in [4.78, 5) is 38.6. The summed E-state index contributed by atoms with van der Waals surface area (Å²) in [6, 6.07) is 4.99. The number of halogens is 1. The zero-order chi connectivity index (χ0) is 30.0. The summed E-state index contributed by atoms with van der Waals surface area (Å²) in [6.45, 7) is 14.5. The van der Waals surface area contributed by atoms with Crippen LogP contribution in [0, 0.1) is 23.7 Å². The van der Waals surface area contributed by atoms with Gasteiger partial charge in [-0.1, -0.05) is 43.6 Å². The summed E-state index contributed by atoms with van der Waals surface area (Å²) in [5.41, 5.74) is -0.0984. The van der Waals surface area contributed by atoms with Gasteiger partial charge < -0.3 is 29.6 Å². The van der Waals surface area contributed by atoms with Gasteiger partial charge in [-0.05, 0) is 69.6 Å². The lowest BCUT2D eigenvalue weighted by atomic mass is 9.83. The van der Waals surface area contributed by atoms with Crippen LogP contribution in [0.3, 0.4) is 0 Å². The van der Waals surface area contributed by atoms with Crippen molar-refractivity contribution in [3.63, 3.8) is 0 Å². The third-order valence-corrected chi connectivity index (χ3v) is 7.42. The van der Waals surface area contributed by atoms with E-state index in [1.807, 2.05) is 45.9 Å². The summed E-state index contributed by atoms with van der Waals surface area (Å²) in [6.07, 6.45) is 0.840. The van der Waals surface area contributed by atoms with E-state index in [1.165, 1.54) is 0 Å². The van der Waals surface area contributed by atoms with Crippen molar-refractivity contribution < 1.29 is 33.3 Å². The van der Waals surface area contributed by atoms with E-state index in [0.29, 0.717) is 37.5 Å². The molecule has 10 heteroatoms. The normalized spacial score (nSPS) is 18.8. The SMILES string of the molecule is COCCCOc1ccc(Br)cc1NC(=O)C[C@@H](C[C@H](NC(=O)OC(C)(C)C)[C@@H]1C[C@@H](C(C)C)C(=O)O1)C(C)C. The molecule has 1 heterocycles. The number of amides is 2. The average molecular weight is 628 g/mol. The molecule has 2 amide bonds. The van der Waals surface area contributed by atoms with Crippen molar-refractivity contribution in [3.05, 3.63) is 22.7 Å². The minimum atomic E-state index is -0.675. The van der Waals surface area contributed by atoms with Crippen molar-refractivity contribution in [2.24, 2.45) is 23.7 Å². The maximum atomic E-state index is 13.3. The Kier molecular flexibility index (Phi) is 13.2. The molecular weight excluding hydrogens is 580 g/mol. The highest BCUT2D eigenvalue weighted by molar-refractivity contribution is 9.10. The van der Waals surface area contributed by atoms with Gasteiger partial charge in [-0.15, -0.1) is 0 Å². The van der Waals surface area contributed by atoms with Crippen LogP contribution in [-0.2, 0) is 23.8 Å². The topological polar surface area (TPSA) is 112 Å². The molecule has 0 bridgehead atoms. The third kappa shape index (κ3) is 11.3. The van der Waals surface area contributed by atoms with E-state index >= 15 is 0 Å². The summed E-state index contributed by atoms with van der Waals surface area (Å²) in [5.74, 6) is 0.0836. The average Bonchev–Trinajstić information content (AvgIpc) is 3.22. The van der Waals surface area contributed by atoms with Crippen molar-refractivity contribution >= 4 is 39.6 Å². The van der Waals surface area contributed by atoms with Gasteiger partial charge in [0.1, 0.15) is 17.5 Å². The Morgan fingerprint density at radius 2 is 1.85 bits per heavy atom. The zero-order valence-corrected chi connectivity index (χ0v) is 26.8. The van der Waals surface area contributed by atoms with Crippen LogP contribution in [0.2, 0.25) is 0 Å². The largest absolute Gasteiger partial charge is 0.491 e. The number of hydrogen-bond acceptors (Lipinski definition) is 7. The molecule has 0 aromatic heterocycles. The van der Waals surface area contributed by atoms with Crippen LogP contribution >= 0.6 is 15.9 Å². The van der Waals surface area contributed by atoms with Gasteiger partial charge in [-0.3, -0.25) is 9.59 Å². The molecule has 0 spiro atoms. The predicted octanol–water partition coefficient (Wildman–Crippen LogP) is 6.34. The van der Waals surface area contributed by atoms with Gasteiger partial charge in [0.2, 0.25) is 5.91 Å². The molecule has 9 nitrogen and oxygen atoms in total. The number of nitrogens with one attached hydrogen (secondary N) is 2. The molecule has 0 unspecified atom stereocenters. The molecule has 0 saturated carbocycles. The van der Waals surface area contributed by atoms with Crippen LogP contribution in [0.15, 0.2) is 22.7 Å². The van der Waals surface area contributed by atoms with Gasteiger partial charge in [0.25, 0.3) is 0 Å². The number of carbonyl (C=O) groups is 3. The summed E-state index contributed by atoms with van der Waals surface area (Å²) in [5, 5.41) is 5.95. The molecule has 0 radical (unpaired) electrons. The van der Waals surface area contributed by atoms with Crippen LogP contribution in [0.4, 0.5) is 10.5 Å². The Balaban J connectivity index is 2.17. The number of esters is 1. The van der Waals surface area contributed by atoms with E-state index in [0.717, 1.165) is 10.9 Å². The van der Waals surface area contributed by atoms with E-state index in [-0.39, 0.29) is 42.0 Å². The predicted molar refractivity (Wildman–Crippen MR) is 158 cm³/mol. The van der Waals surface area contributed by atoms with Gasteiger partial charge in [0.05, 0.1) is 24.3 Å². The highest BCUT2D eigenvalue weighted by Crippen LogP contribution is 2.34. The molecule has 2 rings (SSSR count). The van der Waals surface area contributed by atoms with E-state index in [9.17, 15) is 14.4 Å². The molecule has 40 heavy (non-hydrogen) atoms. The van der Waals surface area contributed by atoms with Crippen molar-refractivity contribution in [2.45, 2.75) is 91.9 Å². The third-order valence-electron chi connectivity index (χ3n) is 6.93. The lowest BCUT2D eigenvalue weighted by molar-refractivity contribution is -0.146. The molecule has 1 saturated heterocycles. The summed E-state index contributed by atoms with van der Waals surface area (Å²) in [7, 11) is 1.64. The minimum absolute atomic E-state index is 0.102. The van der Waals surface area contributed by atoms with Crippen LogP contribution < -0.4 is 15.4 Å². The van der Waals surface area contributed by atoms with E-state index in [4.69, 9.17) is 18.9 Å². The number of cyclic esters (lactones) is 1. The Morgan fingerprint density at radius 1 is 1.15 bits per heavy atom. The van der Waals surface area contributed by atoms with Crippen LogP contribution in [0.5, 0.6) is 5.75 Å². The molecule has 1 aromatic rings. The number of anilines is 1. The minimum Gasteiger partial charge on any atom is -0.491 e. The Labute approximate surface area is 247 Å². The number of rotatable bonds is 14. The van der Waals surface area contributed by atoms with Crippen molar-refractivity contribution in [3.8, 4) is 5.75 Å². The monoisotopic (exact) mass is 626 g/mol. The molecule has 4 atom stereocenters. The van der Waals surface area contributed by atoms with E-state index in [2.05, 4.69) is 26.6 Å². The van der Waals surface area contributed by atoms with Crippen LogP contribution in [0.25, 0.3) is 0 Å². The fourth-order valence-electron chi connectivity index (χ4n) is 4.65. The van der Waals surface area contributed by atoms with E-state index < -0.39 is 23.8 Å². The van der Waals surface area contributed by atoms with Gasteiger partial charge in [-0.2, -0.15) is 0 Å². The second-order valence-electron chi connectivity index (χ2n) is 12.1. The first-order valence-electron chi connectivity index (χ1n) is 14.1. The first kappa shape index (κ1) is 33.9. The Hall–Kier alpha value is -2.33. The van der Waals surface area contributed by atoms with Crippen LogP contribution in [-0.4, -0.2) is 56.0 Å². The molecule has 0 aliphatic carbocycles. The first-order chi connectivity index (χ1) is 18.7. The number of methoxy groups -OCH3 is 1. The molecule has 2 N–H and O–H groups in total. The highest BCUT2D eigenvalue weighted by Gasteiger charge is 2.42. The van der Waals surface area contributed by atoms with Gasteiger partial charge in [-0.25, -0.2) is 4.79 Å². The zero-order valence-electron chi connectivity index (χ0n) is 25.2. The van der Waals surface area contributed by atoms with Crippen molar-refractivity contribution in [2.75, 3.05) is 25.6 Å². The smallest absolute Gasteiger partial charge is 0.408 e. The van der Waals surface area contributed by atoms with Crippen molar-refractivity contribution in [1.29, 1.82) is 0 Å². The second-order valence-corrected chi connectivity index (χ2v) is 13.1. The second kappa shape index (κ2) is 15.6. The fourth-order valence-corrected chi connectivity index (χ4v) is 5.01. The van der Waals surface area contributed by atoms with Gasteiger partial charge >= 0.3 is 12.1 Å². The molecule has 1 aromatic carbocycles. The first-order valence-corrected chi connectivity index (χ1v) is 14.9. The molecule has 226 valence electrons. The molecule has 1 aliphatic rings.